The number of hydrogen-bond acceptors (Lipinski definition) is 2. The van der Waals surface area contributed by atoms with Crippen LogP contribution >= 0.6 is 0 Å². The van der Waals surface area contributed by atoms with Crippen molar-refractivity contribution >= 4 is 8.56 Å². The van der Waals surface area contributed by atoms with Crippen LogP contribution in [0.3, 0.4) is 0 Å². The Morgan fingerprint density at radius 3 is 1.30 bits per heavy atom. The highest BCUT2D eigenvalue weighted by atomic mass is 28.4. The lowest BCUT2D eigenvalue weighted by molar-refractivity contribution is 0.254. The Hall–Kier alpha value is -0.123. The van der Waals surface area contributed by atoms with Crippen molar-refractivity contribution in [3.05, 3.63) is 12.3 Å². The maximum absolute atomic E-state index is 5.55. The molecule has 0 spiro atoms. The first-order valence-corrected chi connectivity index (χ1v) is 12.1. The van der Waals surface area contributed by atoms with Crippen LogP contribution in [-0.4, -0.2) is 22.8 Å². The molecule has 3 heteroatoms. The third kappa shape index (κ3) is 12.9. The van der Waals surface area contributed by atoms with E-state index >= 15 is 0 Å². The van der Waals surface area contributed by atoms with E-state index in [9.17, 15) is 0 Å². The molecule has 0 fully saturated rings. The molecule has 0 aliphatic rings. The van der Waals surface area contributed by atoms with Gasteiger partial charge in [0.2, 0.25) is 0 Å². The molecular formula is C20H42O2Si. The van der Waals surface area contributed by atoms with Gasteiger partial charge in [0.1, 0.15) is 0 Å². The van der Waals surface area contributed by atoms with Crippen LogP contribution in [0, 0.1) is 0 Å². The van der Waals surface area contributed by atoms with Gasteiger partial charge < -0.3 is 8.85 Å². The monoisotopic (exact) mass is 342 g/mol. The van der Waals surface area contributed by atoms with Crippen molar-refractivity contribution in [2.75, 3.05) is 14.2 Å². The molecule has 0 saturated carbocycles. The lowest BCUT2D eigenvalue weighted by Gasteiger charge is -2.23. The highest BCUT2D eigenvalue weighted by Crippen LogP contribution is 2.19. The molecule has 0 N–H and O–H groups in total. The van der Waals surface area contributed by atoms with E-state index in [1.807, 2.05) is 5.70 Å². The minimum absolute atomic E-state index is 1.04. The Labute approximate surface area is 147 Å². The van der Waals surface area contributed by atoms with Crippen molar-refractivity contribution in [1.82, 2.24) is 0 Å². The Balaban J connectivity index is 3.26. The van der Waals surface area contributed by atoms with Crippen molar-refractivity contribution < 1.29 is 8.85 Å². The number of hydrogen-bond donors (Lipinski definition) is 0. The molecule has 23 heavy (non-hydrogen) atoms. The average molecular weight is 343 g/mol. The first-order valence-electron chi connectivity index (χ1n) is 9.98. The normalized spacial score (nSPS) is 11.8. The van der Waals surface area contributed by atoms with Crippen molar-refractivity contribution in [2.24, 2.45) is 0 Å². The van der Waals surface area contributed by atoms with Crippen LogP contribution in [-0.2, 0) is 8.85 Å². The second kappa shape index (κ2) is 16.7. The zero-order valence-corrected chi connectivity index (χ0v) is 17.2. The van der Waals surface area contributed by atoms with Gasteiger partial charge in [-0.25, -0.2) is 0 Å². The molecule has 0 amide bonds. The summed E-state index contributed by atoms with van der Waals surface area (Å²) in [7, 11) is 1.45. The smallest absolute Gasteiger partial charge is 0.363 e. The van der Waals surface area contributed by atoms with Crippen LogP contribution in [0.2, 0.25) is 6.04 Å². The summed E-state index contributed by atoms with van der Waals surface area (Å²) in [5, 5.41) is 0. The van der Waals surface area contributed by atoms with Gasteiger partial charge in [0, 0.05) is 14.2 Å². The third-order valence-electron chi connectivity index (χ3n) is 4.88. The summed E-state index contributed by atoms with van der Waals surface area (Å²) in [5.41, 5.74) is 1.91. The van der Waals surface area contributed by atoms with Gasteiger partial charge in [-0.3, -0.25) is 0 Å². The third-order valence-corrected chi connectivity index (χ3v) is 7.94. The van der Waals surface area contributed by atoms with E-state index in [4.69, 9.17) is 8.85 Å². The highest BCUT2D eigenvalue weighted by Gasteiger charge is 2.30. The van der Waals surface area contributed by atoms with Gasteiger partial charge in [-0.05, 0) is 11.7 Å². The van der Waals surface area contributed by atoms with Crippen LogP contribution in [0.4, 0.5) is 0 Å². The molecule has 0 heterocycles. The summed E-state index contributed by atoms with van der Waals surface area (Å²) < 4.78 is 11.1. The molecule has 0 atom stereocenters. The van der Waals surface area contributed by atoms with E-state index in [0.717, 1.165) is 6.04 Å². The molecule has 0 aromatic rings. The summed E-state index contributed by atoms with van der Waals surface area (Å²) in [4.78, 5) is 0. The molecule has 0 unspecified atom stereocenters. The van der Waals surface area contributed by atoms with Gasteiger partial charge in [0.15, 0.2) is 0 Å². The fraction of sp³-hybridized carbons (Fsp3) is 0.900. The van der Waals surface area contributed by atoms with Gasteiger partial charge >= 0.3 is 8.56 Å². The Morgan fingerprint density at radius 2 is 1.00 bits per heavy atom. The fourth-order valence-corrected chi connectivity index (χ4v) is 4.98. The van der Waals surface area contributed by atoms with Crippen LogP contribution in [0.5, 0.6) is 0 Å². The predicted molar refractivity (Wildman–Crippen MR) is 105 cm³/mol. The van der Waals surface area contributed by atoms with Gasteiger partial charge in [-0.2, -0.15) is 0 Å². The van der Waals surface area contributed by atoms with E-state index in [-0.39, 0.29) is 0 Å². The Morgan fingerprint density at radius 1 is 0.652 bits per heavy atom. The largest absolute Gasteiger partial charge is 0.395 e. The van der Waals surface area contributed by atoms with E-state index in [0.29, 0.717) is 0 Å². The molecule has 0 rings (SSSR count). The SMILES string of the molecule is C=C[Si](CCCCCCCCCCCCCCCC)(OC)OC. The van der Waals surface area contributed by atoms with Crippen molar-refractivity contribution in [1.29, 1.82) is 0 Å². The second-order valence-electron chi connectivity index (χ2n) is 6.77. The lowest BCUT2D eigenvalue weighted by Crippen LogP contribution is -2.37. The zero-order chi connectivity index (χ0) is 17.2. The van der Waals surface area contributed by atoms with Crippen molar-refractivity contribution in [3.63, 3.8) is 0 Å². The zero-order valence-electron chi connectivity index (χ0n) is 16.2. The molecule has 0 aliphatic carbocycles. The van der Waals surface area contributed by atoms with E-state index in [1.54, 1.807) is 14.2 Å². The molecule has 0 aromatic heterocycles. The van der Waals surface area contributed by atoms with E-state index in [1.165, 1.54) is 89.9 Å². The summed E-state index contributed by atoms with van der Waals surface area (Å²) in [6.45, 7) is 6.16. The molecular weight excluding hydrogens is 300 g/mol. The van der Waals surface area contributed by atoms with E-state index in [2.05, 4.69) is 13.5 Å². The Bertz CT molecular complexity index is 252. The molecule has 138 valence electrons. The lowest BCUT2D eigenvalue weighted by atomic mass is 10.0. The first-order chi connectivity index (χ1) is 11.2. The fourth-order valence-electron chi connectivity index (χ4n) is 3.12. The van der Waals surface area contributed by atoms with Crippen molar-refractivity contribution in [3.8, 4) is 0 Å². The summed E-state index contributed by atoms with van der Waals surface area (Å²) >= 11 is 0. The molecule has 2 nitrogen and oxygen atoms in total. The van der Waals surface area contributed by atoms with Gasteiger partial charge in [0.05, 0.1) is 0 Å². The van der Waals surface area contributed by atoms with Crippen LogP contribution in [0.25, 0.3) is 0 Å². The minimum Gasteiger partial charge on any atom is -0.395 e. The van der Waals surface area contributed by atoms with Crippen LogP contribution in [0.15, 0.2) is 12.3 Å². The second-order valence-corrected chi connectivity index (χ2v) is 10.1. The molecule has 0 radical (unpaired) electrons. The van der Waals surface area contributed by atoms with Crippen LogP contribution in [0.1, 0.15) is 96.8 Å². The van der Waals surface area contributed by atoms with Crippen LogP contribution < -0.4 is 0 Å². The topological polar surface area (TPSA) is 18.5 Å². The average Bonchev–Trinajstić information content (AvgIpc) is 2.59. The minimum atomic E-state index is -2.06. The van der Waals surface area contributed by atoms with Gasteiger partial charge in [-0.15, -0.1) is 6.58 Å². The predicted octanol–water partition coefficient (Wildman–Crippen LogP) is 6.93. The summed E-state index contributed by atoms with van der Waals surface area (Å²) in [5.74, 6) is 0. The number of unbranched alkanes of at least 4 members (excludes halogenated alkanes) is 13. The summed E-state index contributed by atoms with van der Waals surface area (Å²) in [6.07, 6.45) is 19.5. The van der Waals surface area contributed by atoms with Gasteiger partial charge in [-0.1, -0.05) is 96.8 Å². The summed E-state index contributed by atoms with van der Waals surface area (Å²) in [6, 6.07) is 1.04. The van der Waals surface area contributed by atoms with E-state index < -0.39 is 8.56 Å². The molecule has 0 aliphatic heterocycles. The number of rotatable bonds is 18. The quantitative estimate of drug-likeness (QED) is 0.199. The van der Waals surface area contributed by atoms with Gasteiger partial charge in [0.25, 0.3) is 0 Å². The highest BCUT2D eigenvalue weighted by molar-refractivity contribution is 6.72. The maximum Gasteiger partial charge on any atom is 0.363 e. The Kier molecular flexibility index (Phi) is 16.6. The molecule has 0 bridgehead atoms. The standard InChI is InChI=1S/C20H42O2Si/c1-5-7-8-9-10-11-12-13-14-15-16-17-18-19-20-23(6-2,21-3)22-4/h6H,2,5,7-20H2,1,3-4H3. The molecule has 0 aromatic carbocycles. The molecule has 0 saturated heterocycles. The van der Waals surface area contributed by atoms with Crippen molar-refractivity contribution in [2.45, 2.75) is 103 Å². The first kappa shape index (κ1) is 22.9. The maximum atomic E-state index is 5.55.